The van der Waals surface area contributed by atoms with Gasteiger partial charge in [-0.05, 0) is 53.0 Å². The number of benzene rings is 1. The summed E-state index contributed by atoms with van der Waals surface area (Å²) in [5, 5.41) is 19.1. The Morgan fingerprint density at radius 2 is 1.51 bits per heavy atom. The lowest BCUT2D eigenvalue weighted by atomic mass is 9.96. The summed E-state index contributed by atoms with van der Waals surface area (Å²) in [7, 11) is -2.87. The fraction of sp³-hybridized carbons (Fsp3) is 0.640. The van der Waals surface area contributed by atoms with Crippen LogP contribution in [0.2, 0.25) is 6.04 Å². The minimum atomic E-state index is -2.87. The van der Waals surface area contributed by atoms with E-state index in [2.05, 4.69) is 0 Å². The van der Waals surface area contributed by atoms with E-state index >= 15 is 0 Å². The first-order valence-corrected chi connectivity index (χ1v) is 14.1. The normalized spacial score (nSPS) is 12.9. The number of ether oxygens (including phenoxy) is 1. The third-order valence-corrected chi connectivity index (χ3v) is 8.44. The molecular weight excluding hydrogens is 472 g/mol. The number of carbonyl (C=O) groups is 3. The van der Waals surface area contributed by atoms with E-state index in [1.54, 1.807) is 24.3 Å². The molecule has 0 saturated heterocycles. The van der Waals surface area contributed by atoms with Gasteiger partial charge in [0.2, 0.25) is 0 Å². The van der Waals surface area contributed by atoms with Crippen molar-refractivity contribution in [3.05, 3.63) is 35.4 Å². The molecule has 1 aromatic carbocycles. The highest BCUT2D eigenvalue weighted by Crippen LogP contribution is 2.23. The zero-order valence-corrected chi connectivity index (χ0v) is 22.5. The molecule has 10 heteroatoms. The molecule has 35 heavy (non-hydrogen) atoms. The van der Waals surface area contributed by atoms with Gasteiger partial charge in [-0.1, -0.05) is 24.3 Å². The van der Waals surface area contributed by atoms with Crippen molar-refractivity contribution in [2.45, 2.75) is 71.9 Å². The molecule has 0 radical (unpaired) electrons. The lowest BCUT2D eigenvalue weighted by Gasteiger charge is -2.28. The number of hydrogen-bond donors (Lipinski definition) is 2. The van der Waals surface area contributed by atoms with Gasteiger partial charge in [0.05, 0.1) is 18.9 Å². The Balaban J connectivity index is 2.66. The molecule has 0 bridgehead atoms. The van der Waals surface area contributed by atoms with E-state index in [9.17, 15) is 24.6 Å². The summed E-state index contributed by atoms with van der Waals surface area (Å²) < 4.78 is 22.8. The molecule has 1 rings (SSSR count). The van der Waals surface area contributed by atoms with Gasteiger partial charge in [-0.15, -0.1) is 0 Å². The highest BCUT2D eigenvalue weighted by Gasteiger charge is 2.40. The average molecular weight is 513 g/mol. The Morgan fingerprint density at radius 3 is 1.97 bits per heavy atom. The molecule has 1 unspecified atom stereocenters. The average Bonchev–Trinajstić information content (AvgIpc) is 2.78. The molecule has 0 amide bonds. The van der Waals surface area contributed by atoms with Crippen molar-refractivity contribution in [1.82, 2.24) is 0 Å². The molecule has 0 saturated carbocycles. The molecule has 0 aromatic heterocycles. The monoisotopic (exact) mass is 512 g/mol. The van der Waals surface area contributed by atoms with Crippen molar-refractivity contribution >= 4 is 26.5 Å². The van der Waals surface area contributed by atoms with Crippen molar-refractivity contribution in [1.29, 1.82) is 0 Å². The van der Waals surface area contributed by atoms with Crippen LogP contribution >= 0.6 is 0 Å². The van der Waals surface area contributed by atoms with Crippen molar-refractivity contribution in [2.24, 2.45) is 5.92 Å². The number of ketones is 1. The molecular formula is C25H40O9Si. The number of carbonyl (C=O) groups excluding carboxylic acids is 2. The Kier molecular flexibility index (Phi) is 13.3. The molecule has 1 atom stereocenters. The van der Waals surface area contributed by atoms with Gasteiger partial charge in [-0.3, -0.25) is 14.4 Å². The summed E-state index contributed by atoms with van der Waals surface area (Å²) in [6.07, 6.45) is 0.924. The first-order chi connectivity index (χ1) is 16.5. The first-order valence-electron chi connectivity index (χ1n) is 12.1. The molecule has 0 heterocycles. The van der Waals surface area contributed by atoms with Gasteiger partial charge in [0.1, 0.15) is 5.60 Å². The summed E-state index contributed by atoms with van der Waals surface area (Å²) in [5.74, 6) is -2.78. The van der Waals surface area contributed by atoms with Crippen LogP contribution in [-0.4, -0.2) is 68.8 Å². The first kappa shape index (κ1) is 30.9. The van der Waals surface area contributed by atoms with E-state index in [-0.39, 0.29) is 18.8 Å². The van der Waals surface area contributed by atoms with Crippen LogP contribution in [0.5, 0.6) is 0 Å². The summed E-state index contributed by atoms with van der Waals surface area (Å²) in [5.41, 5.74) is -0.210. The van der Waals surface area contributed by atoms with Crippen LogP contribution in [0.25, 0.3) is 0 Å². The number of rotatable bonds is 18. The highest BCUT2D eigenvalue weighted by atomic mass is 28.4. The lowest BCUT2D eigenvalue weighted by molar-refractivity contribution is -0.153. The van der Waals surface area contributed by atoms with Gasteiger partial charge in [0.25, 0.3) is 0 Å². The number of esters is 1. The molecule has 0 fully saturated rings. The fourth-order valence-corrected chi connectivity index (χ4v) is 6.28. The predicted molar refractivity (Wildman–Crippen MR) is 132 cm³/mol. The summed E-state index contributed by atoms with van der Waals surface area (Å²) in [6, 6.07) is 7.20. The molecule has 2 N–H and O–H groups in total. The number of aliphatic hydroxyl groups is 1. The zero-order valence-electron chi connectivity index (χ0n) is 21.5. The van der Waals surface area contributed by atoms with Crippen LogP contribution in [0.1, 0.15) is 69.8 Å². The molecule has 0 aliphatic carbocycles. The van der Waals surface area contributed by atoms with Crippen molar-refractivity contribution in [2.75, 3.05) is 26.4 Å². The molecule has 0 aliphatic rings. The minimum absolute atomic E-state index is 0.0866. The van der Waals surface area contributed by atoms with E-state index in [1.165, 1.54) is 13.8 Å². The van der Waals surface area contributed by atoms with E-state index in [4.69, 9.17) is 18.0 Å². The smallest absolute Gasteiger partial charge is 0.481 e. The van der Waals surface area contributed by atoms with Gasteiger partial charge in [0.15, 0.2) is 5.78 Å². The number of carboxylic acids is 1. The minimum Gasteiger partial charge on any atom is -0.481 e. The topological polar surface area (TPSA) is 129 Å². The predicted octanol–water partition coefficient (Wildman–Crippen LogP) is 3.65. The van der Waals surface area contributed by atoms with Crippen molar-refractivity contribution in [3.8, 4) is 0 Å². The standard InChI is InChI=1S/C25H40O9Si/c1-6-32-35(33-7-2,34-8-3)17-9-10-21(18-22(26)27)24(29)31-16-15-19-11-13-20(14-12-19)23(28)25(4,5)30/h11-14,21,30H,6-10,15-18H2,1-5H3,(H,26,27). The Bertz CT molecular complexity index is 785. The van der Waals surface area contributed by atoms with Gasteiger partial charge in [-0.2, -0.15) is 0 Å². The zero-order chi connectivity index (χ0) is 26.5. The van der Waals surface area contributed by atoms with Crippen LogP contribution in [0.15, 0.2) is 24.3 Å². The third-order valence-electron chi connectivity index (χ3n) is 5.29. The third kappa shape index (κ3) is 11.0. The molecule has 0 aliphatic heterocycles. The fourth-order valence-electron chi connectivity index (χ4n) is 3.64. The van der Waals surface area contributed by atoms with Crippen LogP contribution in [-0.2, 0) is 34.0 Å². The van der Waals surface area contributed by atoms with E-state index in [1.807, 2.05) is 20.8 Å². The maximum absolute atomic E-state index is 12.6. The Hall–Kier alpha value is -2.11. The van der Waals surface area contributed by atoms with Crippen LogP contribution in [0, 0.1) is 5.92 Å². The number of hydrogen-bond acceptors (Lipinski definition) is 8. The van der Waals surface area contributed by atoms with Gasteiger partial charge in [-0.25, -0.2) is 0 Å². The highest BCUT2D eigenvalue weighted by molar-refractivity contribution is 6.60. The van der Waals surface area contributed by atoms with Crippen LogP contribution < -0.4 is 0 Å². The largest absolute Gasteiger partial charge is 0.500 e. The number of Topliss-reactive ketones (excluding diaryl/α,β-unsaturated/α-hetero) is 1. The maximum atomic E-state index is 12.6. The molecule has 9 nitrogen and oxygen atoms in total. The van der Waals surface area contributed by atoms with E-state index in [0.29, 0.717) is 50.7 Å². The SMILES string of the molecule is CCO[Si](CCCC(CC(=O)O)C(=O)OCCc1ccc(C(=O)C(C)(C)O)cc1)(OCC)OCC. The van der Waals surface area contributed by atoms with Crippen molar-refractivity contribution in [3.63, 3.8) is 0 Å². The Labute approximate surface area is 209 Å². The number of aliphatic carboxylic acids is 1. The summed E-state index contributed by atoms with van der Waals surface area (Å²) in [6.45, 7) is 9.88. The molecule has 1 aromatic rings. The summed E-state index contributed by atoms with van der Waals surface area (Å²) >= 11 is 0. The quantitative estimate of drug-likeness (QED) is 0.172. The van der Waals surface area contributed by atoms with Gasteiger partial charge in [0, 0.05) is 37.8 Å². The maximum Gasteiger partial charge on any atom is 0.500 e. The second-order valence-electron chi connectivity index (χ2n) is 8.67. The van der Waals surface area contributed by atoms with E-state index < -0.39 is 32.3 Å². The molecule has 198 valence electrons. The van der Waals surface area contributed by atoms with Crippen LogP contribution in [0.4, 0.5) is 0 Å². The van der Waals surface area contributed by atoms with Crippen LogP contribution in [0.3, 0.4) is 0 Å². The van der Waals surface area contributed by atoms with E-state index in [0.717, 1.165) is 5.56 Å². The number of carboxylic acid groups (broad SMARTS) is 1. The molecule has 0 spiro atoms. The Morgan fingerprint density at radius 1 is 0.971 bits per heavy atom. The van der Waals surface area contributed by atoms with Gasteiger partial charge >= 0.3 is 20.7 Å². The second kappa shape index (κ2) is 15.1. The van der Waals surface area contributed by atoms with Gasteiger partial charge < -0.3 is 28.2 Å². The second-order valence-corrected chi connectivity index (χ2v) is 11.4. The summed E-state index contributed by atoms with van der Waals surface area (Å²) in [4.78, 5) is 36.0. The lowest BCUT2D eigenvalue weighted by Crippen LogP contribution is -2.46. The van der Waals surface area contributed by atoms with Crippen molar-refractivity contribution < 1.29 is 42.6 Å².